The lowest BCUT2D eigenvalue weighted by atomic mass is 9.81. The summed E-state index contributed by atoms with van der Waals surface area (Å²) in [6.45, 7) is 12.9. The fourth-order valence-corrected chi connectivity index (χ4v) is 5.30. The maximum atomic E-state index is 13.6. The van der Waals surface area contributed by atoms with Gasteiger partial charge in [0.2, 0.25) is 5.91 Å². The lowest BCUT2D eigenvalue weighted by molar-refractivity contribution is -0.135. The average Bonchev–Trinajstić information content (AvgIpc) is 3.67. The Bertz CT molecular complexity index is 837. The number of aliphatic hydroxyl groups is 1. The number of hydrogen-bond acceptors (Lipinski definition) is 6. The van der Waals surface area contributed by atoms with Crippen molar-refractivity contribution >= 4 is 17.5 Å². The van der Waals surface area contributed by atoms with Crippen LogP contribution < -0.4 is 10.2 Å². The predicted molar refractivity (Wildman–Crippen MR) is 143 cm³/mol. The standard InChI is InChI=1S/C29H47N3O4/c1-6-36-18-21(14-19(2)3)8-7-9-26(33)24-16-30-17-25(28(24)34)29(35)32(23-11-12-23)27-13-10-22(15-31-27)20(4)5/h10,13,15,19-21,23-25,28,30,34H,6-9,11-12,14,16-18H2,1-5H3/t21?,24-,25-,28+/m0/s1. The maximum absolute atomic E-state index is 13.6. The molecule has 1 unspecified atom stereocenters. The Balaban J connectivity index is 1.60. The molecular weight excluding hydrogens is 454 g/mol. The van der Waals surface area contributed by atoms with Gasteiger partial charge < -0.3 is 15.2 Å². The highest BCUT2D eigenvalue weighted by atomic mass is 16.5. The summed E-state index contributed by atoms with van der Waals surface area (Å²) in [5.74, 6) is 0.756. The molecule has 2 fully saturated rings. The monoisotopic (exact) mass is 501 g/mol. The number of amides is 1. The van der Waals surface area contributed by atoms with Gasteiger partial charge in [0.15, 0.2) is 0 Å². The van der Waals surface area contributed by atoms with Gasteiger partial charge >= 0.3 is 0 Å². The van der Waals surface area contributed by atoms with Crippen LogP contribution in [0.4, 0.5) is 5.82 Å². The highest BCUT2D eigenvalue weighted by Crippen LogP contribution is 2.34. The number of hydrogen-bond donors (Lipinski definition) is 2. The SMILES string of the molecule is CCOCC(CCCC(=O)[C@@H]1CNC[C@H](C(=O)N(c2ccc(C(C)C)cn2)C2CC2)[C@@H]1O)CC(C)C. The van der Waals surface area contributed by atoms with Gasteiger partial charge in [-0.05, 0) is 68.4 Å². The Hall–Kier alpha value is -1.83. The van der Waals surface area contributed by atoms with Crippen molar-refractivity contribution in [2.45, 2.75) is 91.2 Å². The number of nitrogens with zero attached hydrogens (tertiary/aromatic N) is 2. The first-order valence-electron chi connectivity index (χ1n) is 14.0. The molecule has 0 aromatic carbocycles. The molecule has 2 aliphatic rings. The van der Waals surface area contributed by atoms with E-state index in [0.29, 0.717) is 49.7 Å². The summed E-state index contributed by atoms with van der Waals surface area (Å²) in [6, 6.07) is 4.06. The molecule has 1 saturated carbocycles. The minimum Gasteiger partial charge on any atom is -0.391 e. The molecule has 2 heterocycles. The number of nitrogens with one attached hydrogen (secondary N) is 1. The number of aromatic nitrogens is 1. The van der Waals surface area contributed by atoms with Gasteiger partial charge in [0.1, 0.15) is 11.6 Å². The van der Waals surface area contributed by atoms with Gasteiger partial charge in [-0.2, -0.15) is 0 Å². The maximum Gasteiger partial charge on any atom is 0.235 e. The Labute approximate surface area is 217 Å². The molecule has 7 nitrogen and oxygen atoms in total. The summed E-state index contributed by atoms with van der Waals surface area (Å²) in [6.07, 6.45) is 5.98. The zero-order chi connectivity index (χ0) is 26.2. The second-order valence-electron chi connectivity index (χ2n) is 11.4. The number of carbonyl (C=O) groups excluding carboxylic acids is 2. The molecule has 1 aliphatic carbocycles. The van der Waals surface area contributed by atoms with Crippen molar-refractivity contribution in [1.29, 1.82) is 0 Å². The lowest BCUT2D eigenvalue weighted by Gasteiger charge is -2.36. The third-order valence-electron chi connectivity index (χ3n) is 7.52. The number of pyridine rings is 1. The van der Waals surface area contributed by atoms with Crippen molar-refractivity contribution in [2.75, 3.05) is 31.2 Å². The second kappa shape index (κ2) is 13.6. The number of Topliss-reactive ketones (excluding diaryl/α,β-unsaturated/α-hetero) is 1. The molecule has 202 valence electrons. The summed E-state index contributed by atoms with van der Waals surface area (Å²) in [7, 11) is 0. The molecule has 7 heteroatoms. The number of piperidine rings is 1. The highest BCUT2D eigenvalue weighted by Gasteiger charge is 2.44. The van der Waals surface area contributed by atoms with Gasteiger partial charge in [-0.1, -0.05) is 33.8 Å². The zero-order valence-electron chi connectivity index (χ0n) is 22.9. The van der Waals surface area contributed by atoms with Crippen LogP contribution in [-0.4, -0.2) is 60.2 Å². The van der Waals surface area contributed by atoms with Gasteiger partial charge in [0.25, 0.3) is 0 Å². The van der Waals surface area contributed by atoms with Crippen molar-refractivity contribution in [2.24, 2.45) is 23.7 Å². The summed E-state index contributed by atoms with van der Waals surface area (Å²) in [5, 5.41) is 14.4. The molecule has 1 aromatic heterocycles. The van der Waals surface area contributed by atoms with Crippen LogP contribution in [0.5, 0.6) is 0 Å². The molecule has 2 N–H and O–H groups in total. The van der Waals surface area contributed by atoms with Crippen LogP contribution in [0.3, 0.4) is 0 Å². The van der Waals surface area contributed by atoms with Crippen LogP contribution in [0.2, 0.25) is 0 Å². The number of anilines is 1. The van der Waals surface area contributed by atoms with E-state index in [9.17, 15) is 14.7 Å². The van der Waals surface area contributed by atoms with Gasteiger partial charge in [-0.25, -0.2) is 4.98 Å². The minimum absolute atomic E-state index is 0.0459. The number of rotatable bonds is 14. The second-order valence-corrected chi connectivity index (χ2v) is 11.4. The van der Waals surface area contributed by atoms with E-state index in [4.69, 9.17) is 4.74 Å². The van der Waals surface area contributed by atoms with E-state index in [-0.39, 0.29) is 17.7 Å². The topological polar surface area (TPSA) is 91.8 Å². The van der Waals surface area contributed by atoms with Gasteiger partial charge in [0.05, 0.1) is 17.9 Å². The largest absolute Gasteiger partial charge is 0.391 e. The van der Waals surface area contributed by atoms with Crippen LogP contribution in [0, 0.1) is 23.7 Å². The number of aliphatic hydroxyl groups excluding tert-OH is 1. The first-order chi connectivity index (χ1) is 17.2. The Morgan fingerprint density at radius 2 is 1.89 bits per heavy atom. The number of ether oxygens (including phenoxy) is 1. The summed E-state index contributed by atoms with van der Waals surface area (Å²) >= 11 is 0. The van der Waals surface area contributed by atoms with Crippen molar-refractivity contribution in [1.82, 2.24) is 10.3 Å². The molecule has 1 saturated heterocycles. The summed E-state index contributed by atoms with van der Waals surface area (Å²) in [5.41, 5.74) is 1.13. The third kappa shape index (κ3) is 7.83. The smallest absolute Gasteiger partial charge is 0.235 e. The predicted octanol–water partition coefficient (Wildman–Crippen LogP) is 4.34. The summed E-state index contributed by atoms with van der Waals surface area (Å²) < 4.78 is 5.65. The molecule has 3 rings (SSSR count). The first-order valence-corrected chi connectivity index (χ1v) is 14.0. The van der Waals surface area contributed by atoms with E-state index in [1.165, 1.54) is 0 Å². The molecule has 4 atom stereocenters. The van der Waals surface area contributed by atoms with Crippen LogP contribution in [0.25, 0.3) is 0 Å². The highest BCUT2D eigenvalue weighted by molar-refractivity contribution is 5.96. The van der Waals surface area contributed by atoms with E-state index in [0.717, 1.165) is 44.3 Å². The minimum atomic E-state index is -0.975. The molecule has 0 spiro atoms. The number of carbonyl (C=O) groups is 2. The molecule has 1 aliphatic heterocycles. The van der Waals surface area contributed by atoms with Crippen molar-refractivity contribution in [3.05, 3.63) is 23.9 Å². The van der Waals surface area contributed by atoms with E-state index < -0.39 is 17.9 Å². The van der Waals surface area contributed by atoms with Gasteiger partial charge in [-0.15, -0.1) is 0 Å². The number of ketones is 1. The van der Waals surface area contributed by atoms with Crippen LogP contribution in [0.1, 0.15) is 84.6 Å². The fourth-order valence-electron chi connectivity index (χ4n) is 5.30. The van der Waals surface area contributed by atoms with Crippen molar-refractivity contribution in [3.63, 3.8) is 0 Å². The Kier molecular flexibility index (Phi) is 10.9. The molecule has 36 heavy (non-hydrogen) atoms. The lowest BCUT2D eigenvalue weighted by Crippen LogP contribution is -2.56. The third-order valence-corrected chi connectivity index (χ3v) is 7.52. The van der Waals surface area contributed by atoms with Gasteiger partial charge in [0, 0.05) is 45.0 Å². The van der Waals surface area contributed by atoms with E-state index >= 15 is 0 Å². The van der Waals surface area contributed by atoms with Crippen LogP contribution >= 0.6 is 0 Å². The van der Waals surface area contributed by atoms with Gasteiger partial charge in [-0.3, -0.25) is 14.5 Å². The fraction of sp³-hybridized carbons (Fsp3) is 0.759. The van der Waals surface area contributed by atoms with E-state index in [1.54, 1.807) is 4.90 Å². The molecule has 0 bridgehead atoms. The van der Waals surface area contributed by atoms with Crippen LogP contribution in [-0.2, 0) is 14.3 Å². The normalized spacial score (nSPS) is 23.2. The summed E-state index contributed by atoms with van der Waals surface area (Å²) in [4.78, 5) is 33.1. The quantitative estimate of drug-likeness (QED) is 0.394. The first kappa shape index (κ1) is 28.7. The van der Waals surface area contributed by atoms with E-state index in [1.807, 2.05) is 25.3 Å². The van der Waals surface area contributed by atoms with Crippen LogP contribution in [0.15, 0.2) is 18.3 Å². The Morgan fingerprint density at radius 1 is 1.17 bits per heavy atom. The molecule has 1 amide bonds. The molecule has 1 aromatic rings. The molecular formula is C29H47N3O4. The van der Waals surface area contributed by atoms with E-state index in [2.05, 4.69) is 38.0 Å². The van der Waals surface area contributed by atoms with Crippen molar-refractivity contribution in [3.8, 4) is 0 Å². The zero-order valence-corrected chi connectivity index (χ0v) is 22.9. The average molecular weight is 502 g/mol. The van der Waals surface area contributed by atoms with Crippen molar-refractivity contribution < 1.29 is 19.4 Å². The Morgan fingerprint density at radius 3 is 2.47 bits per heavy atom. The molecule has 0 radical (unpaired) electrons.